The minimum Gasteiger partial charge on any atom is -0.462 e. The molecule has 0 radical (unpaired) electrons. The van der Waals surface area contributed by atoms with E-state index >= 15 is 0 Å². The van der Waals surface area contributed by atoms with Crippen LogP contribution in [0, 0.1) is 0 Å². The van der Waals surface area contributed by atoms with Gasteiger partial charge in [0.1, 0.15) is 0 Å². The van der Waals surface area contributed by atoms with Crippen LogP contribution in [0.25, 0.3) is 0 Å². The monoisotopic (exact) mass is 536 g/mol. The number of carbonyl (C=O) groups excluding carboxylic acids is 2. The van der Waals surface area contributed by atoms with Crippen molar-refractivity contribution >= 4 is 11.9 Å². The van der Waals surface area contributed by atoms with Gasteiger partial charge in [0.2, 0.25) is 0 Å². The lowest BCUT2D eigenvalue weighted by Crippen LogP contribution is -2.35. The fraction of sp³-hybridized carbons (Fsp3) is 0.235. The summed E-state index contributed by atoms with van der Waals surface area (Å²) in [5, 5.41) is 7.50. The second-order valence-electron chi connectivity index (χ2n) is 9.37. The third kappa shape index (κ3) is 7.88. The summed E-state index contributed by atoms with van der Waals surface area (Å²) in [6, 6.07) is 35.3. The van der Waals surface area contributed by atoms with Gasteiger partial charge in [-0.3, -0.25) is 0 Å². The van der Waals surface area contributed by atoms with E-state index in [0.717, 1.165) is 22.3 Å². The fourth-order valence-electron chi connectivity index (χ4n) is 4.59. The molecular weight excluding hydrogens is 500 g/mol. The van der Waals surface area contributed by atoms with Gasteiger partial charge in [-0.05, 0) is 60.4 Å². The standard InChI is InChI=1S/C34H36N2O4/c1-3-39-33(37)29-19-15-27(16-20-29)31(35-23-25-11-7-5-8-12-25)32(36-24-26-13-9-6-10-14-26)28-17-21-30(22-18-28)34(38)40-4-2/h5-22,31-32,35-36H,3-4,23-24H2,1-2H3. The SMILES string of the molecule is CCOC(=O)c1ccc(C(NCc2ccccc2)C(NCc2ccccc2)c2ccc(C(=O)OCC)cc2)cc1. The van der Waals surface area contributed by atoms with Gasteiger partial charge in [-0.2, -0.15) is 0 Å². The Morgan fingerprint density at radius 1 is 0.550 bits per heavy atom. The van der Waals surface area contributed by atoms with Crippen molar-refractivity contribution in [1.82, 2.24) is 10.6 Å². The minimum atomic E-state index is -0.337. The lowest BCUT2D eigenvalue weighted by molar-refractivity contribution is 0.0516. The van der Waals surface area contributed by atoms with Crippen LogP contribution in [0.4, 0.5) is 0 Å². The molecule has 4 aromatic rings. The lowest BCUT2D eigenvalue weighted by atomic mass is 9.91. The highest BCUT2D eigenvalue weighted by Gasteiger charge is 2.25. The molecule has 2 atom stereocenters. The Morgan fingerprint density at radius 2 is 0.900 bits per heavy atom. The fourth-order valence-corrected chi connectivity index (χ4v) is 4.59. The molecule has 0 saturated carbocycles. The maximum atomic E-state index is 12.3. The summed E-state index contributed by atoms with van der Waals surface area (Å²) in [7, 11) is 0. The highest BCUT2D eigenvalue weighted by Crippen LogP contribution is 2.31. The number of hydrogen-bond donors (Lipinski definition) is 2. The Labute approximate surface area is 236 Å². The molecule has 206 valence electrons. The largest absolute Gasteiger partial charge is 0.462 e. The van der Waals surface area contributed by atoms with Crippen LogP contribution in [0.2, 0.25) is 0 Å². The first-order valence-electron chi connectivity index (χ1n) is 13.7. The van der Waals surface area contributed by atoms with Gasteiger partial charge in [0, 0.05) is 13.1 Å². The Kier molecular flexibility index (Phi) is 10.6. The third-order valence-electron chi connectivity index (χ3n) is 6.63. The molecule has 0 aliphatic rings. The Balaban J connectivity index is 1.69. The maximum absolute atomic E-state index is 12.3. The first-order chi connectivity index (χ1) is 19.6. The second kappa shape index (κ2) is 14.8. The molecule has 0 bridgehead atoms. The first-order valence-corrected chi connectivity index (χ1v) is 13.7. The predicted octanol–water partition coefficient (Wildman–Crippen LogP) is 6.40. The zero-order chi connectivity index (χ0) is 28.2. The average molecular weight is 537 g/mol. The van der Waals surface area contributed by atoms with E-state index in [0.29, 0.717) is 37.4 Å². The topological polar surface area (TPSA) is 76.7 Å². The molecule has 40 heavy (non-hydrogen) atoms. The van der Waals surface area contributed by atoms with Crippen LogP contribution in [0.5, 0.6) is 0 Å². The molecule has 6 nitrogen and oxygen atoms in total. The molecule has 2 unspecified atom stereocenters. The van der Waals surface area contributed by atoms with Crippen LogP contribution in [-0.4, -0.2) is 25.2 Å². The third-order valence-corrected chi connectivity index (χ3v) is 6.63. The van der Waals surface area contributed by atoms with Crippen molar-refractivity contribution in [3.63, 3.8) is 0 Å². The van der Waals surface area contributed by atoms with Crippen molar-refractivity contribution in [3.8, 4) is 0 Å². The van der Waals surface area contributed by atoms with Gasteiger partial charge in [0.25, 0.3) is 0 Å². The molecule has 0 saturated heterocycles. The lowest BCUT2D eigenvalue weighted by Gasteiger charge is -2.31. The molecule has 4 rings (SSSR count). The van der Waals surface area contributed by atoms with Crippen LogP contribution < -0.4 is 10.6 Å². The summed E-state index contributed by atoms with van der Waals surface area (Å²) in [6.07, 6.45) is 0. The number of nitrogens with one attached hydrogen (secondary N) is 2. The summed E-state index contributed by atoms with van der Waals surface area (Å²) < 4.78 is 10.4. The maximum Gasteiger partial charge on any atom is 0.338 e. The number of rotatable bonds is 13. The minimum absolute atomic E-state index is 0.159. The number of esters is 2. The van der Waals surface area contributed by atoms with Gasteiger partial charge in [-0.25, -0.2) is 9.59 Å². The Hall–Kier alpha value is -4.26. The molecular formula is C34H36N2O4. The molecule has 0 heterocycles. The van der Waals surface area contributed by atoms with E-state index in [4.69, 9.17) is 9.47 Å². The number of carbonyl (C=O) groups is 2. The Bertz CT molecular complexity index is 1230. The van der Waals surface area contributed by atoms with Gasteiger partial charge in [0.05, 0.1) is 36.4 Å². The average Bonchev–Trinajstić information content (AvgIpc) is 3.00. The van der Waals surface area contributed by atoms with E-state index < -0.39 is 0 Å². The molecule has 0 spiro atoms. The molecule has 0 aliphatic carbocycles. The number of hydrogen-bond acceptors (Lipinski definition) is 6. The van der Waals surface area contributed by atoms with Gasteiger partial charge >= 0.3 is 11.9 Å². The highest BCUT2D eigenvalue weighted by molar-refractivity contribution is 5.89. The number of benzene rings is 4. The van der Waals surface area contributed by atoms with Crippen LogP contribution >= 0.6 is 0 Å². The van der Waals surface area contributed by atoms with Gasteiger partial charge in [-0.15, -0.1) is 0 Å². The van der Waals surface area contributed by atoms with E-state index in [1.165, 1.54) is 0 Å². The molecule has 0 aromatic heterocycles. The molecule has 6 heteroatoms. The van der Waals surface area contributed by atoms with Crippen molar-refractivity contribution in [1.29, 1.82) is 0 Å². The van der Waals surface area contributed by atoms with Crippen molar-refractivity contribution < 1.29 is 19.1 Å². The summed E-state index contributed by atoms with van der Waals surface area (Å²) in [5.41, 5.74) is 5.39. The van der Waals surface area contributed by atoms with Gasteiger partial charge in [-0.1, -0.05) is 84.9 Å². The van der Waals surface area contributed by atoms with E-state index in [-0.39, 0.29) is 24.0 Å². The normalized spacial score (nSPS) is 12.3. The Morgan fingerprint density at radius 3 is 1.23 bits per heavy atom. The van der Waals surface area contributed by atoms with E-state index in [2.05, 4.69) is 34.9 Å². The number of ether oxygens (including phenoxy) is 2. The second-order valence-corrected chi connectivity index (χ2v) is 9.37. The molecule has 4 aromatic carbocycles. The summed E-state index contributed by atoms with van der Waals surface area (Å²) in [4.78, 5) is 24.6. The van der Waals surface area contributed by atoms with Crippen molar-refractivity contribution in [2.24, 2.45) is 0 Å². The zero-order valence-electron chi connectivity index (χ0n) is 23.0. The summed E-state index contributed by atoms with van der Waals surface area (Å²) in [5.74, 6) is -0.674. The van der Waals surface area contributed by atoms with Crippen molar-refractivity contribution in [2.75, 3.05) is 13.2 Å². The molecule has 2 N–H and O–H groups in total. The summed E-state index contributed by atoms with van der Waals surface area (Å²) >= 11 is 0. The van der Waals surface area contributed by atoms with Gasteiger partial charge in [0.15, 0.2) is 0 Å². The summed E-state index contributed by atoms with van der Waals surface area (Å²) in [6.45, 7) is 5.55. The van der Waals surface area contributed by atoms with E-state index in [9.17, 15) is 9.59 Å². The van der Waals surface area contributed by atoms with Gasteiger partial charge < -0.3 is 20.1 Å². The predicted molar refractivity (Wildman–Crippen MR) is 157 cm³/mol. The van der Waals surface area contributed by atoms with Crippen molar-refractivity contribution in [3.05, 3.63) is 143 Å². The first kappa shape index (κ1) is 28.7. The van der Waals surface area contributed by atoms with Crippen LogP contribution in [0.15, 0.2) is 109 Å². The van der Waals surface area contributed by atoms with E-state index in [1.807, 2.05) is 84.9 Å². The quantitative estimate of drug-likeness (QED) is 0.193. The van der Waals surface area contributed by atoms with Crippen LogP contribution in [-0.2, 0) is 22.6 Å². The van der Waals surface area contributed by atoms with Crippen LogP contribution in [0.3, 0.4) is 0 Å². The molecule has 0 aliphatic heterocycles. The molecule has 0 fully saturated rings. The zero-order valence-corrected chi connectivity index (χ0v) is 23.0. The van der Waals surface area contributed by atoms with Crippen LogP contribution in [0.1, 0.15) is 68.9 Å². The van der Waals surface area contributed by atoms with Crippen molar-refractivity contribution in [2.45, 2.75) is 39.0 Å². The van der Waals surface area contributed by atoms with E-state index in [1.54, 1.807) is 13.8 Å². The molecule has 0 amide bonds. The smallest absolute Gasteiger partial charge is 0.338 e. The highest BCUT2D eigenvalue weighted by atomic mass is 16.5.